The number of nitrogens with one attached hydrogen (secondary N) is 1. The Kier molecular flexibility index (Phi) is 7.69. The van der Waals surface area contributed by atoms with Gasteiger partial charge in [-0.2, -0.15) is 13.2 Å². The summed E-state index contributed by atoms with van der Waals surface area (Å²) >= 11 is 0. The highest BCUT2D eigenvalue weighted by Gasteiger charge is 2.28. The second kappa shape index (κ2) is 9.26. The Morgan fingerprint density at radius 3 is 2.36 bits per heavy atom. The largest absolute Gasteiger partial charge is 0.484 e. The first kappa shape index (κ1) is 20.8. The van der Waals surface area contributed by atoms with Gasteiger partial charge < -0.3 is 15.2 Å². The van der Waals surface area contributed by atoms with E-state index < -0.39 is 24.8 Å². The van der Waals surface area contributed by atoms with E-state index in [0.29, 0.717) is 13.1 Å². The lowest BCUT2D eigenvalue weighted by Crippen LogP contribution is -2.42. The van der Waals surface area contributed by atoms with Gasteiger partial charge in [0, 0.05) is 26.6 Å². The van der Waals surface area contributed by atoms with Crippen LogP contribution >= 0.6 is 0 Å². The number of benzene rings is 1. The van der Waals surface area contributed by atoms with Gasteiger partial charge in [0.2, 0.25) is 5.91 Å². The summed E-state index contributed by atoms with van der Waals surface area (Å²) in [5.41, 5.74) is 0.718. The predicted molar refractivity (Wildman–Crippen MR) is 84.2 cm³/mol. The predicted octanol–water partition coefficient (Wildman–Crippen LogP) is 2.04. The fraction of sp³-hybridized carbons (Fsp3) is 0.500. The van der Waals surface area contributed by atoms with Crippen molar-refractivity contribution in [1.82, 2.24) is 10.2 Å². The van der Waals surface area contributed by atoms with Crippen LogP contribution in [-0.2, 0) is 16.1 Å². The molecule has 9 heteroatoms. The number of halogens is 3. The molecule has 6 nitrogen and oxygen atoms in total. The molecule has 0 aliphatic rings. The Balaban J connectivity index is 2.68. The summed E-state index contributed by atoms with van der Waals surface area (Å²) in [6, 6.07) is 5.17. The normalized spacial score (nSPS) is 12.7. The molecule has 1 aromatic carbocycles. The number of carboxylic acids is 1. The van der Waals surface area contributed by atoms with Gasteiger partial charge in [0.15, 0.2) is 6.61 Å². The highest BCUT2D eigenvalue weighted by Crippen LogP contribution is 2.19. The maximum atomic E-state index is 12.1. The Hall–Kier alpha value is -2.29. The Labute approximate surface area is 143 Å². The number of hydrogen-bond donors (Lipinski definition) is 2. The van der Waals surface area contributed by atoms with Crippen molar-refractivity contribution in [3.8, 4) is 5.75 Å². The van der Waals surface area contributed by atoms with Crippen molar-refractivity contribution in [2.75, 3.05) is 19.7 Å². The molecule has 1 atom stereocenters. The van der Waals surface area contributed by atoms with Crippen LogP contribution < -0.4 is 10.1 Å². The molecule has 1 rings (SSSR count). The van der Waals surface area contributed by atoms with E-state index >= 15 is 0 Å². The van der Waals surface area contributed by atoms with Gasteiger partial charge in [-0.15, -0.1) is 0 Å². The van der Waals surface area contributed by atoms with Crippen LogP contribution in [0.5, 0.6) is 5.75 Å². The molecule has 0 heterocycles. The number of carbonyl (C=O) groups is 2. The van der Waals surface area contributed by atoms with Gasteiger partial charge >= 0.3 is 12.1 Å². The maximum Gasteiger partial charge on any atom is 0.422 e. The van der Waals surface area contributed by atoms with Crippen LogP contribution in [0.15, 0.2) is 24.3 Å². The van der Waals surface area contributed by atoms with Gasteiger partial charge in [0.1, 0.15) is 11.8 Å². The number of rotatable bonds is 9. The summed E-state index contributed by atoms with van der Waals surface area (Å²) in [5.74, 6) is -1.14. The molecule has 0 saturated heterocycles. The summed E-state index contributed by atoms with van der Waals surface area (Å²) < 4.78 is 41.0. The summed E-state index contributed by atoms with van der Waals surface area (Å²) in [7, 11) is 0. The number of carbonyl (C=O) groups excluding carboxylic acids is 1. The van der Waals surface area contributed by atoms with Gasteiger partial charge in [0.05, 0.1) is 0 Å². The molecule has 1 aromatic rings. The van der Waals surface area contributed by atoms with E-state index in [1.165, 1.54) is 26.0 Å². The molecule has 25 heavy (non-hydrogen) atoms. The average Bonchev–Trinajstić information content (AvgIpc) is 2.51. The third-order valence-corrected chi connectivity index (χ3v) is 3.39. The molecular formula is C16H21F3N2O4. The molecule has 0 aromatic heterocycles. The lowest BCUT2D eigenvalue weighted by Gasteiger charge is -2.26. The second-order valence-electron chi connectivity index (χ2n) is 5.52. The summed E-state index contributed by atoms with van der Waals surface area (Å²) in [4.78, 5) is 23.8. The fourth-order valence-electron chi connectivity index (χ4n) is 2.03. The van der Waals surface area contributed by atoms with E-state index in [9.17, 15) is 27.9 Å². The monoisotopic (exact) mass is 362 g/mol. The zero-order valence-electron chi connectivity index (χ0n) is 14.0. The number of hydrogen-bond acceptors (Lipinski definition) is 4. The average molecular weight is 362 g/mol. The van der Waals surface area contributed by atoms with Crippen LogP contribution in [0.2, 0.25) is 0 Å². The van der Waals surface area contributed by atoms with Crippen molar-refractivity contribution in [3.63, 3.8) is 0 Å². The highest BCUT2D eigenvalue weighted by molar-refractivity contribution is 5.73. The Morgan fingerprint density at radius 1 is 1.28 bits per heavy atom. The molecule has 0 aliphatic heterocycles. The molecule has 2 N–H and O–H groups in total. The SMILES string of the molecule is CC(=O)NCCN(Cc1ccc(OCC(F)(F)F)cc1)C(C)C(=O)O. The molecule has 0 spiro atoms. The standard InChI is InChI=1S/C16H21F3N2O4/c1-11(15(23)24)21(8-7-20-12(2)22)9-13-3-5-14(6-4-13)25-10-16(17,18)19/h3-6,11H,7-10H2,1-2H3,(H,20,22)(H,23,24). The van der Waals surface area contributed by atoms with Crippen LogP contribution in [0.25, 0.3) is 0 Å². The lowest BCUT2D eigenvalue weighted by molar-refractivity contribution is -0.153. The number of carboxylic acid groups (broad SMARTS) is 1. The molecule has 1 unspecified atom stereocenters. The Bertz CT molecular complexity index is 576. The van der Waals surface area contributed by atoms with Crippen LogP contribution in [0, 0.1) is 0 Å². The van der Waals surface area contributed by atoms with Gasteiger partial charge in [0.25, 0.3) is 0 Å². The zero-order valence-corrected chi connectivity index (χ0v) is 14.0. The van der Waals surface area contributed by atoms with Crippen molar-refractivity contribution in [2.45, 2.75) is 32.6 Å². The Morgan fingerprint density at radius 2 is 1.88 bits per heavy atom. The number of amides is 1. The van der Waals surface area contributed by atoms with Gasteiger partial charge in [-0.3, -0.25) is 14.5 Å². The van der Waals surface area contributed by atoms with Gasteiger partial charge in [-0.1, -0.05) is 12.1 Å². The number of aliphatic carboxylic acids is 1. The van der Waals surface area contributed by atoms with E-state index in [0.717, 1.165) is 5.56 Å². The van der Waals surface area contributed by atoms with Crippen LogP contribution in [0.1, 0.15) is 19.4 Å². The number of alkyl halides is 3. The molecule has 0 fully saturated rings. The quantitative estimate of drug-likeness (QED) is 0.703. The minimum atomic E-state index is -4.41. The van der Waals surface area contributed by atoms with Crippen LogP contribution in [0.4, 0.5) is 13.2 Å². The molecule has 140 valence electrons. The molecular weight excluding hydrogens is 341 g/mol. The summed E-state index contributed by atoms with van der Waals surface area (Å²) in [6.45, 7) is 2.40. The molecule has 0 bridgehead atoms. The van der Waals surface area contributed by atoms with Crippen molar-refractivity contribution in [2.24, 2.45) is 0 Å². The topological polar surface area (TPSA) is 78.9 Å². The fourth-order valence-corrected chi connectivity index (χ4v) is 2.03. The van der Waals surface area contributed by atoms with E-state index in [1.54, 1.807) is 17.0 Å². The van der Waals surface area contributed by atoms with Gasteiger partial charge in [-0.05, 0) is 24.6 Å². The lowest BCUT2D eigenvalue weighted by atomic mass is 10.1. The summed E-state index contributed by atoms with van der Waals surface area (Å²) in [6.07, 6.45) is -4.41. The van der Waals surface area contributed by atoms with E-state index in [4.69, 9.17) is 0 Å². The van der Waals surface area contributed by atoms with Crippen molar-refractivity contribution in [1.29, 1.82) is 0 Å². The van der Waals surface area contributed by atoms with Crippen LogP contribution in [-0.4, -0.2) is 53.8 Å². The van der Waals surface area contributed by atoms with E-state index in [-0.39, 0.29) is 18.2 Å². The smallest absolute Gasteiger partial charge is 0.422 e. The zero-order chi connectivity index (χ0) is 19.0. The highest BCUT2D eigenvalue weighted by atomic mass is 19.4. The second-order valence-corrected chi connectivity index (χ2v) is 5.52. The number of nitrogens with zero attached hydrogens (tertiary/aromatic N) is 1. The third kappa shape index (κ3) is 8.39. The molecule has 0 saturated carbocycles. The molecule has 0 radical (unpaired) electrons. The number of ether oxygens (including phenoxy) is 1. The maximum absolute atomic E-state index is 12.1. The minimum Gasteiger partial charge on any atom is -0.484 e. The summed E-state index contributed by atoms with van der Waals surface area (Å²) in [5, 5.41) is 11.8. The molecule has 1 amide bonds. The van der Waals surface area contributed by atoms with E-state index in [2.05, 4.69) is 10.1 Å². The van der Waals surface area contributed by atoms with Crippen molar-refractivity contribution >= 4 is 11.9 Å². The minimum absolute atomic E-state index is 0.0807. The first-order valence-electron chi connectivity index (χ1n) is 7.58. The first-order valence-corrected chi connectivity index (χ1v) is 7.58. The third-order valence-electron chi connectivity index (χ3n) is 3.39. The van der Waals surface area contributed by atoms with Crippen molar-refractivity contribution in [3.05, 3.63) is 29.8 Å². The van der Waals surface area contributed by atoms with Crippen molar-refractivity contribution < 1.29 is 32.6 Å². The van der Waals surface area contributed by atoms with Crippen LogP contribution in [0.3, 0.4) is 0 Å². The molecule has 0 aliphatic carbocycles. The first-order chi connectivity index (χ1) is 11.6. The van der Waals surface area contributed by atoms with Gasteiger partial charge in [-0.25, -0.2) is 0 Å². The van der Waals surface area contributed by atoms with E-state index in [1.807, 2.05) is 0 Å².